The highest BCUT2D eigenvalue weighted by atomic mass is 32.1. The van der Waals surface area contributed by atoms with Gasteiger partial charge in [0.2, 0.25) is 0 Å². The third-order valence-corrected chi connectivity index (χ3v) is 7.23. The number of hydrogen-bond acceptors (Lipinski definition) is 7. The number of nitrogens with zero attached hydrogens (tertiary/aromatic N) is 3. The van der Waals surface area contributed by atoms with E-state index < -0.39 is 35.3 Å². The monoisotopic (exact) mass is 543 g/mol. The van der Waals surface area contributed by atoms with Gasteiger partial charge in [-0.25, -0.2) is 14.4 Å². The van der Waals surface area contributed by atoms with Crippen LogP contribution in [0.25, 0.3) is 10.4 Å². The van der Waals surface area contributed by atoms with Crippen molar-refractivity contribution in [2.45, 2.75) is 57.5 Å². The van der Waals surface area contributed by atoms with E-state index in [-0.39, 0.29) is 59.4 Å². The van der Waals surface area contributed by atoms with Gasteiger partial charge in [-0.15, -0.1) is 11.3 Å². The first-order valence-corrected chi connectivity index (χ1v) is 12.9. The molecule has 37 heavy (non-hydrogen) atoms. The van der Waals surface area contributed by atoms with Crippen LogP contribution in [0.2, 0.25) is 0 Å². The molecular weight excluding hydrogens is 514 g/mol. The van der Waals surface area contributed by atoms with Crippen LogP contribution < -0.4 is 10.6 Å². The zero-order valence-corrected chi connectivity index (χ0v) is 21.3. The van der Waals surface area contributed by atoms with Crippen LogP contribution in [0.15, 0.2) is 12.3 Å². The minimum atomic E-state index is -4.77. The normalized spacial score (nSPS) is 17.1. The molecule has 1 aliphatic carbocycles. The molecule has 13 heteroatoms. The van der Waals surface area contributed by atoms with E-state index in [0.717, 1.165) is 25.1 Å². The molecule has 0 atom stereocenters. The lowest BCUT2D eigenvalue weighted by Crippen LogP contribution is -2.39. The van der Waals surface area contributed by atoms with Gasteiger partial charge in [-0.1, -0.05) is 0 Å². The second-order valence-corrected chi connectivity index (χ2v) is 11.1. The summed E-state index contributed by atoms with van der Waals surface area (Å²) in [5.74, 6) is -0.934. The number of piperidine rings is 1. The Labute approximate surface area is 215 Å². The molecular formula is C24H29F4N5O3S. The van der Waals surface area contributed by atoms with Gasteiger partial charge in [0, 0.05) is 37.9 Å². The lowest BCUT2D eigenvalue weighted by atomic mass is 10.0. The number of aliphatic hydroxyl groups is 1. The number of alkyl halides is 4. The van der Waals surface area contributed by atoms with E-state index in [9.17, 15) is 32.3 Å². The molecule has 3 N–H and O–H groups in total. The van der Waals surface area contributed by atoms with Gasteiger partial charge in [-0.3, -0.25) is 9.59 Å². The average molecular weight is 544 g/mol. The maximum absolute atomic E-state index is 14.2. The molecule has 3 heterocycles. The van der Waals surface area contributed by atoms with Gasteiger partial charge in [0.1, 0.15) is 17.7 Å². The average Bonchev–Trinajstić information content (AvgIpc) is 3.56. The molecule has 0 bridgehead atoms. The fourth-order valence-corrected chi connectivity index (χ4v) is 4.85. The number of thiazole rings is 1. The molecule has 0 spiro atoms. The Morgan fingerprint density at radius 3 is 2.46 bits per heavy atom. The van der Waals surface area contributed by atoms with Crippen molar-refractivity contribution in [3.05, 3.63) is 28.5 Å². The zero-order valence-electron chi connectivity index (χ0n) is 20.5. The lowest BCUT2D eigenvalue weighted by molar-refractivity contribution is -0.137. The van der Waals surface area contributed by atoms with Crippen molar-refractivity contribution in [1.29, 1.82) is 0 Å². The van der Waals surface area contributed by atoms with Crippen molar-refractivity contribution >= 4 is 29.0 Å². The Bertz CT molecular complexity index is 1150. The van der Waals surface area contributed by atoms with Crippen molar-refractivity contribution in [3.8, 4) is 10.4 Å². The molecule has 0 aromatic carbocycles. The van der Waals surface area contributed by atoms with Gasteiger partial charge in [0.05, 0.1) is 16.0 Å². The Morgan fingerprint density at radius 1 is 1.19 bits per heavy atom. The van der Waals surface area contributed by atoms with E-state index >= 15 is 0 Å². The van der Waals surface area contributed by atoms with Crippen molar-refractivity contribution in [2.75, 3.05) is 31.5 Å². The number of carbonyl (C=O) groups is 2. The third-order valence-electron chi connectivity index (χ3n) is 6.14. The van der Waals surface area contributed by atoms with Crippen LogP contribution in [-0.4, -0.2) is 69.7 Å². The Kier molecular flexibility index (Phi) is 7.75. The van der Waals surface area contributed by atoms with Crippen molar-refractivity contribution in [1.82, 2.24) is 20.2 Å². The number of likely N-dealkylation sites (tertiary alicyclic amines) is 1. The van der Waals surface area contributed by atoms with Gasteiger partial charge in [0.15, 0.2) is 5.01 Å². The summed E-state index contributed by atoms with van der Waals surface area (Å²) in [6.07, 6.45) is -2.53. The Balaban J connectivity index is 1.73. The first-order chi connectivity index (χ1) is 17.3. The SMILES string of the molecule is CC(C)(O)CNC(=O)c1nc(C(=O)N2CCC(F)CC2)c(-c2cnc(NCC3CC3)cc2C(F)(F)F)s1. The van der Waals surface area contributed by atoms with Gasteiger partial charge in [0.25, 0.3) is 11.8 Å². The maximum atomic E-state index is 14.2. The standard InChI is InChI=1S/C24H29F4N5O3S/c1-23(2,36)12-31-20(34)21-32-18(22(35)33-7-5-14(25)6-8-33)19(37-21)15-11-30-17(29-10-13-3-4-13)9-16(15)24(26,27)28/h9,11,13-14,36H,3-8,10,12H2,1-2H3,(H,29,30)(H,31,34). The number of hydrogen-bond donors (Lipinski definition) is 3. The van der Waals surface area contributed by atoms with E-state index in [1.54, 1.807) is 0 Å². The lowest BCUT2D eigenvalue weighted by Gasteiger charge is -2.28. The van der Waals surface area contributed by atoms with Gasteiger partial charge in [-0.05, 0) is 51.5 Å². The zero-order chi connectivity index (χ0) is 27.0. The Morgan fingerprint density at radius 2 is 1.86 bits per heavy atom. The Hall–Kier alpha value is -2.80. The number of pyridine rings is 1. The second-order valence-electron chi connectivity index (χ2n) is 10.1. The fraction of sp³-hybridized carbons (Fsp3) is 0.583. The summed E-state index contributed by atoms with van der Waals surface area (Å²) in [6, 6.07) is 0.897. The fourth-order valence-electron chi connectivity index (χ4n) is 3.86. The summed E-state index contributed by atoms with van der Waals surface area (Å²) in [5, 5.41) is 15.1. The van der Waals surface area contributed by atoms with Crippen molar-refractivity contribution < 1.29 is 32.3 Å². The molecule has 0 radical (unpaired) electrons. The van der Waals surface area contributed by atoms with E-state index in [1.807, 2.05) is 0 Å². The second kappa shape index (κ2) is 10.5. The predicted molar refractivity (Wildman–Crippen MR) is 130 cm³/mol. The van der Waals surface area contributed by atoms with Crippen molar-refractivity contribution in [3.63, 3.8) is 0 Å². The summed E-state index contributed by atoms with van der Waals surface area (Å²) in [6.45, 7) is 3.51. The summed E-state index contributed by atoms with van der Waals surface area (Å²) in [5.41, 5.74) is -2.93. The maximum Gasteiger partial charge on any atom is 0.417 e. The van der Waals surface area contributed by atoms with Gasteiger partial charge >= 0.3 is 6.18 Å². The first kappa shape index (κ1) is 27.2. The molecule has 2 aromatic heterocycles. The van der Waals surface area contributed by atoms with E-state index in [0.29, 0.717) is 23.8 Å². The minimum absolute atomic E-state index is 0.0635. The van der Waals surface area contributed by atoms with Crippen LogP contribution in [0.5, 0.6) is 0 Å². The summed E-state index contributed by atoms with van der Waals surface area (Å²) in [4.78, 5) is 35.5. The smallest absolute Gasteiger partial charge is 0.389 e. The topological polar surface area (TPSA) is 107 Å². The van der Waals surface area contributed by atoms with Crippen LogP contribution in [0, 0.1) is 5.92 Å². The molecule has 1 saturated carbocycles. The highest BCUT2D eigenvalue weighted by Gasteiger charge is 2.38. The van der Waals surface area contributed by atoms with E-state index in [4.69, 9.17) is 0 Å². The van der Waals surface area contributed by atoms with Crippen LogP contribution >= 0.6 is 11.3 Å². The molecule has 2 fully saturated rings. The molecule has 0 unspecified atom stereocenters. The minimum Gasteiger partial charge on any atom is -0.389 e. The number of amides is 2. The molecule has 1 aliphatic heterocycles. The van der Waals surface area contributed by atoms with Gasteiger partial charge < -0.3 is 20.6 Å². The highest BCUT2D eigenvalue weighted by molar-refractivity contribution is 7.17. The molecule has 2 amide bonds. The number of rotatable bonds is 8. The summed E-state index contributed by atoms with van der Waals surface area (Å²) >= 11 is 0.642. The largest absolute Gasteiger partial charge is 0.417 e. The quantitative estimate of drug-likeness (QED) is 0.433. The van der Waals surface area contributed by atoms with Crippen LogP contribution in [0.1, 0.15) is 65.4 Å². The van der Waals surface area contributed by atoms with Crippen LogP contribution in [-0.2, 0) is 6.18 Å². The molecule has 1 saturated heterocycles. The number of halogens is 4. The van der Waals surface area contributed by atoms with Gasteiger partial charge in [-0.2, -0.15) is 13.2 Å². The van der Waals surface area contributed by atoms with Crippen molar-refractivity contribution in [2.24, 2.45) is 5.92 Å². The van der Waals surface area contributed by atoms with Crippen LogP contribution in [0.3, 0.4) is 0 Å². The summed E-state index contributed by atoms with van der Waals surface area (Å²) in [7, 11) is 0. The number of nitrogens with one attached hydrogen (secondary N) is 2. The molecule has 8 nitrogen and oxygen atoms in total. The van der Waals surface area contributed by atoms with E-state index in [1.165, 1.54) is 18.7 Å². The number of aromatic nitrogens is 2. The highest BCUT2D eigenvalue weighted by Crippen LogP contribution is 2.42. The number of anilines is 1. The van der Waals surface area contributed by atoms with E-state index in [2.05, 4.69) is 20.6 Å². The molecule has 4 rings (SSSR count). The third kappa shape index (κ3) is 6.95. The molecule has 2 aliphatic rings. The molecule has 202 valence electrons. The van der Waals surface area contributed by atoms with Crippen LogP contribution in [0.4, 0.5) is 23.4 Å². The number of carbonyl (C=O) groups excluding carboxylic acids is 2. The summed E-state index contributed by atoms with van der Waals surface area (Å²) < 4.78 is 56.1. The predicted octanol–water partition coefficient (Wildman–Crippen LogP) is 4.12. The first-order valence-electron chi connectivity index (χ1n) is 12.1. The molecule has 2 aromatic rings.